The molecule has 0 fully saturated rings. The summed E-state index contributed by atoms with van der Waals surface area (Å²) < 4.78 is 31.0. The first-order valence-electron chi connectivity index (χ1n) is 3.21. The molecule has 72 valence electrons. The molecule has 0 aromatic carbocycles. The molecule has 0 radical (unpaired) electrons. The average Bonchev–Trinajstić information content (AvgIpc) is 1.96. The van der Waals surface area contributed by atoms with Crippen molar-refractivity contribution in [2.24, 2.45) is 0 Å². The Labute approximate surface area is 131 Å². The standard InChI is InChI=1S/C5H11NO3S3.K/c1-11-5(10)6-3-2-4-12(7,8)9;/h2-4H2,1H3,(H,6,10)(H,7,8,9);/q;+1/p-1. The van der Waals surface area contributed by atoms with E-state index in [-0.39, 0.29) is 57.1 Å². The van der Waals surface area contributed by atoms with Gasteiger partial charge >= 0.3 is 51.4 Å². The zero-order valence-electron chi connectivity index (χ0n) is 7.57. The zero-order valence-corrected chi connectivity index (χ0v) is 13.1. The van der Waals surface area contributed by atoms with Crippen molar-refractivity contribution in [3.8, 4) is 0 Å². The quantitative estimate of drug-likeness (QED) is 0.256. The maximum atomic E-state index is 10.1. The van der Waals surface area contributed by atoms with Crippen molar-refractivity contribution >= 4 is 38.4 Å². The molecule has 0 atom stereocenters. The van der Waals surface area contributed by atoms with Crippen LogP contribution in [0, 0.1) is 0 Å². The smallest absolute Gasteiger partial charge is 0.748 e. The second-order valence-electron chi connectivity index (χ2n) is 2.03. The molecule has 0 aliphatic rings. The van der Waals surface area contributed by atoms with Gasteiger partial charge in [-0.1, -0.05) is 12.2 Å². The van der Waals surface area contributed by atoms with Crippen LogP contribution in [0.25, 0.3) is 0 Å². The molecule has 0 spiro atoms. The minimum atomic E-state index is -4.07. The molecule has 0 aliphatic heterocycles. The predicted molar refractivity (Wildman–Crippen MR) is 53.3 cm³/mol. The van der Waals surface area contributed by atoms with Crippen LogP contribution in [0.3, 0.4) is 0 Å². The second kappa shape index (κ2) is 9.04. The van der Waals surface area contributed by atoms with E-state index in [2.05, 4.69) is 5.32 Å². The van der Waals surface area contributed by atoms with Crippen LogP contribution in [-0.2, 0) is 10.1 Å². The van der Waals surface area contributed by atoms with Gasteiger partial charge in [0.15, 0.2) is 0 Å². The van der Waals surface area contributed by atoms with Crippen molar-refractivity contribution in [2.45, 2.75) is 6.42 Å². The van der Waals surface area contributed by atoms with Gasteiger partial charge in [-0.25, -0.2) is 8.42 Å². The summed E-state index contributed by atoms with van der Waals surface area (Å²) >= 11 is 6.16. The fourth-order valence-electron chi connectivity index (χ4n) is 0.512. The van der Waals surface area contributed by atoms with Gasteiger partial charge in [0.1, 0.15) is 4.32 Å². The normalized spacial score (nSPS) is 10.3. The van der Waals surface area contributed by atoms with E-state index in [4.69, 9.17) is 12.2 Å². The molecule has 0 aromatic heterocycles. The molecule has 1 N–H and O–H groups in total. The summed E-state index contributed by atoms with van der Waals surface area (Å²) in [5, 5.41) is 2.80. The van der Waals surface area contributed by atoms with Crippen LogP contribution in [0.5, 0.6) is 0 Å². The number of nitrogens with one attached hydrogen (secondary N) is 1. The van der Waals surface area contributed by atoms with E-state index in [1.54, 1.807) is 0 Å². The summed E-state index contributed by atoms with van der Waals surface area (Å²) in [6.45, 7) is 0.432. The van der Waals surface area contributed by atoms with E-state index in [1.807, 2.05) is 6.26 Å². The third-order valence-electron chi connectivity index (χ3n) is 1.03. The number of rotatable bonds is 4. The Kier molecular flexibility index (Phi) is 12.0. The van der Waals surface area contributed by atoms with Crippen molar-refractivity contribution in [3.63, 3.8) is 0 Å². The minimum Gasteiger partial charge on any atom is -0.748 e. The molecule has 0 heterocycles. The Morgan fingerprint density at radius 2 is 2.15 bits per heavy atom. The van der Waals surface area contributed by atoms with Gasteiger partial charge in [-0.2, -0.15) is 0 Å². The van der Waals surface area contributed by atoms with Crippen molar-refractivity contribution in [1.82, 2.24) is 5.32 Å². The predicted octanol–water partition coefficient (Wildman–Crippen LogP) is -2.84. The second-order valence-corrected chi connectivity index (χ2v) is 5.04. The first-order chi connectivity index (χ1) is 5.45. The maximum Gasteiger partial charge on any atom is 1.00 e. The van der Waals surface area contributed by atoms with Gasteiger partial charge in [0, 0.05) is 12.3 Å². The van der Waals surface area contributed by atoms with Gasteiger partial charge in [0.05, 0.1) is 10.1 Å². The zero-order chi connectivity index (χ0) is 9.61. The van der Waals surface area contributed by atoms with Crippen LogP contribution in [0.2, 0.25) is 0 Å². The molecule has 13 heavy (non-hydrogen) atoms. The molecule has 0 bridgehead atoms. The van der Waals surface area contributed by atoms with E-state index in [0.717, 1.165) is 0 Å². The number of hydrogen-bond acceptors (Lipinski definition) is 5. The molecule has 0 rings (SSSR count). The monoisotopic (exact) mass is 267 g/mol. The van der Waals surface area contributed by atoms with Crippen molar-refractivity contribution < 1.29 is 64.4 Å². The Hall–Kier alpha value is 1.79. The molecular formula is C5H10KNO3S3. The number of thiocarbonyl (C=S) groups is 1. The van der Waals surface area contributed by atoms with E-state index in [9.17, 15) is 13.0 Å². The topological polar surface area (TPSA) is 69.2 Å². The molecule has 0 saturated heterocycles. The van der Waals surface area contributed by atoms with Crippen LogP contribution in [0.4, 0.5) is 0 Å². The van der Waals surface area contributed by atoms with Gasteiger partial charge in [-0.05, 0) is 12.7 Å². The number of hydrogen-bond donors (Lipinski definition) is 1. The minimum absolute atomic E-state index is 0. The first kappa shape index (κ1) is 17.2. The molecular weight excluding hydrogens is 257 g/mol. The van der Waals surface area contributed by atoms with Crippen LogP contribution < -0.4 is 56.7 Å². The molecule has 0 unspecified atom stereocenters. The van der Waals surface area contributed by atoms with E-state index in [1.165, 1.54) is 11.8 Å². The Balaban J connectivity index is 0. The SMILES string of the molecule is CSC(=S)NCCCS(=O)(=O)[O-].[K+]. The largest absolute Gasteiger partial charge is 1.00 e. The molecule has 0 saturated carbocycles. The van der Waals surface area contributed by atoms with Gasteiger partial charge in [0.25, 0.3) is 0 Å². The van der Waals surface area contributed by atoms with Crippen LogP contribution >= 0.6 is 24.0 Å². The molecule has 0 amide bonds. The van der Waals surface area contributed by atoms with Crippen LogP contribution in [0.1, 0.15) is 6.42 Å². The Morgan fingerprint density at radius 1 is 1.62 bits per heavy atom. The first-order valence-corrected chi connectivity index (χ1v) is 6.42. The van der Waals surface area contributed by atoms with Crippen molar-refractivity contribution in [2.75, 3.05) is 18.6 Å². The van der Waals surface area contributed by atoms with Gasteiger partial charge in [-0.15, -0.1) is 11.8 Å². The van der Waals surface area contributed by atoms with Crippen LogP contribution in [-0.4, -0.2) is 35.8 Å². The molecule has 0 aromatic rings. The average molecular weight is 267 g/mol. The van der Waals surface area contributed by atoms with Crippen molar-refractivity contribution in [1.29, 1.82) is 0 Å². The third-order valence-corrected chi connectivity index (χ3v) is 2.97. The summed E-state index contributed by atoms with van der Waals surface area (Å²) in [5.74, 6) is -0.336. The Bertz CT molecular complexity index is 241. The van der Waals surface area contributed by atoms with E-state index >= 15 is 0 Å². The van der Waals surface area contributed by atoms with Crippen molar-refractivity contribution in [3.05, 3.63) is 0 Å². The van der Waals surface area contributed by atoms with E-state index < -0.39 is 10.1 Å². The summed E-state index contributed by atoms with van der Waals surface area (Å²) in [6, 6.07) is 0. The summed E-state index contributed by atoms with van der Waals surface area (Å²) in [6.07, 6.45) is 2.12. The van der Waals surface area contributed by atoms with Gasteiger partial charge in [0.2, 0.25) is 0 Å². The summed E-state index contributed by atoms with van der Waals surface area (Å²) in [7, 11) is -4.07. The fourth-order valence-corrected chi connectivity index (χ4v) is 1.36. The maximum absolute atomic E-state index is 10.1. The summed E-state index contributed by atoms with van der Waals surface area (Å²) in [5.41, 5.74) is 0. The van der Waals surface area contributed by atoms with Gasteiger partial charge in [-0.3, -0.25) is 0 Å². The number of thioether (sulfide) groups is 1. The van der Waals surface area contributed by atoms with Crippen LogP contribution in [0.15, 0.2) is 0 Å². The Morgan fingerprint density at radius 3 is 2.54 bits per heavy atom. The molecule has 0 aliphatic carbocycles. The van der Waals surface area contributed by atoms with Gasteiger partial charge < -0.3 is 9.87 Å². The van der Waals surface area contributed by atoms with E-state index in [0.29, 0.717) is 17.3 Å². The molecule has 4 nitrogen and oxygen atoms in total. The third kappa shape index (κ3) is 13.8. The fraction of sp³-hybridized carbons (Fsp3) is 0.800. The summed E-state index contributed by atoms with van der Waals surface area (Å²) in [4.78, 5) is 0. The molecule has 8 heteroatoms.